The van der Waals surface area contributed by atoms with Crippen molar-refractivity contribution in [2.45, 2.75) is 20.3 Å². The van der Waals surface area contributed by atoms with E-state index in [4.69, 9.17) is 0 Å². The molecule has 17 heavy (non-hydrogen) atoms. The van der Waals surface area contributed by atoms with Crippen molar-refractivity contribution in [3.63, 3.8) is 0 Å². The van der Waals surface area contributed by atoms with Crippen molar-refractivity contribution >= 4 is 16.6 Å². The first-order valence-electron chi connectivity index (χ1n) is 5.54. The van der Waals surface area contributed by atoms with Crippen LogP contribution in [0.1, 0.15) is 18.2 Å². The maximum absolute atomic E-state index is 13.8. The minimum absolute atomic E-state index is 0.351. The van der Waals surface area contributed by atoms with Gasteiger partial charge in [-0.3, -0.25) is 4.98 Å². The third-order valence-corrected chi connectivity index (χ3v) is 2.93. The second-order valence-corrected chi connectivity index (χ2v) is 3.94. The zero-order chi connectivity index (χ0) is 12.6. The molecule has 90 valence electrons. The molecule has 0 radical (unpaired) electrons. The topological polar surface area (TPSA) is 24.9 Å². The van der Waals surface area contributed by atoms with E-state index in [0.717, 1.165) is 23.7 Å². The zero-order valence-electron chi connectivity index (χ0n) is 10.1. The van der Waals surface area contributed by atoms with Crippen LogP contribution in [0.3, 0.4) is 0 Å². The van der Waals surface area contributed by atoms with E-state index in [1.165, 1.54) is 6.07 Å². The molecule has 0 spiro atoms. The van der Waals surface area contributed by atoms with Crippen LogP contribution >= 0.6 is 0 Å². The second-order valence-electron chi connectivity index (χ2n) is 3.94. The fraction of sp³-hybridized carbons (Fsp3) is 0.308. The van der Waals surface area contributed by atoms with Gasteiger partial charge in [-0.15, -0.1) is 0 Å². The normalized spacial score (nSPS) is 10.9. The van der Waals surface area contributed by atoms with Crippen LogP contribution < -0.4 is 5.32 Å². The van der Waals surface area contributed by atoms with Crippen molar-refractivity contribution in [2.24, 2.45) is 0 Å². The van der Waals surface area contributed by atoms with Gasteiger partial charge in [0.1, 0.15) is 11.6 Å². The van der Waals surface area contributed by atoms with Gasteiger partial charge in [0.2, 0.25) is 0 Å². The summed E-state index contributed by atoms with van der Waals surface area (Å²) in [6.45, 7) is 3.86. The summed E-state index contributed by atoms with van der Waals surface area (Å²) < 4.78 is 27.0. The van der Waals surface area contributed by atoms with Crippen molar-refractivity contribution in [3.05, 3.63) is 35.0 Å². The predicted octanol–water partition coefficient (Wildman–Crippen LogP) is 3.43. The van der Waals surface area contributed by atoms with Crippen LogP contribution in [0.15, 0.2) is 12.1 Å². The number of aromatic nitrogens is 1. The minimum Gasteiger partial charge on any atom is -0.387 e. The van der Waals surface area contributed by atoms with Gasteiger partial charge in [0, 0.05) is 24.9 Å². The summed E-state index contributed by atoms with van der Waals surface area (Å²) >= 11 is 0. The van der Waals surface area contributed by atoms with E-state index in [2.05, 4.69) is 10.3 Å². The number of halogens is 2. The smallest absolute Gasteiger partial charge is 0.137 e. The molecule has 0 atom stereocenters. The van der Waals surface area contributed by atoms with E-state index >= 15 is 0 Å². The lowest BCUT2D eigenvalue weighted by molar-refractivity contribution is 0.591. The van der Waals surface area contributed by atoms with Crippen molar-refractivity contribution in [3.8, 4) is 0 Å². The van der Waals surface area contributed by atoms with E-state index in [0.29, 0.717) is 16.6 Å². The fourth-order valence-electron chi connectivity index (χ4n) is 2.11. The number of fused-ring (bicyclic) bond motifs is 1. The molecule has 0 saturated heterocycles. The summed E-state index contributed by atoms with van der Waals surface area (Å²) in [6, 6.07) is 2.15. The van der Waals surface area contributed by atoms with Crippen LogP contribution in [0.2, 0.25) is 0 Å². The molecular formula is C13H14F2N2. The molecule has 0 bridgehead atoms. The average molecular weight is 236 g/mol. The molecule has 2 rings (SSSR count). The largest absolute Gasteiger partial charge is 0.387 e. The predicted molar refractivity (Wildman–Crippen MR) is 65.3 cm³/mol. The first kappa shape index (κ1) is 11.8. The van der Waals surface area contributed by atoms with Crippen molar-refractivity contribution in [2.75, 3.05) is 12.4 Å². The summed E-state index contributed by atoms with van der Waals surface area (Å²) in [7, 11) is 1.73. The first-order chi connectivity index (χ1) is 8.08. The van der Waals surface area contributed by atoms with Gasteiger partial charge >= 0.3 is 0 Å². The molecule has 1 N–H and O–H groups in total. The summed E-state index contributed by atoms with van der Waals surface area (Å²) in [5.74, 6) is -1.18. The number of aryl methyl sites for hydroxylation is 1. The highest BCUT2D eigenvalue weighted by Crippen LogP contribution is 2.30. The Hall–Kier alpha value is -1.71. The van der Waals surface area contributed by atoms with Gasteiger partial charge in [-0.1, -0.05) is 6.92 Å². The standard InChI is InChI=1S/C13H14F2N2/c1-4-10-7(2)13(16-3)12-9(15)5-8(14)6-11(12)17-10/h5-6H,4H2,1-3H3,(H,16,17). The van der Waals surface area contributed by atoms with Crippen molar-refractivity contribution < 1.29 is 8.78 Å². The Bertz CT molecular complexity index is 579. The number of nitrogens with one attached hydrogen (secondary N) is 1. The molecule has 0 amide bonds. The highest BCUT2D eigenvalue weighted by Gasteiger charge is 2.14. The molecule has 0 unspecified atom stereocenters. The number of hydrogen-bond donors (Lipinski definition) is 1. The van der Waals surface area contributed by atoms with Crippen LogP contribution in [-0.2, 0) is 6.42 Å². The van der Waals surface area contributed by atoms with Gasteiger partial charge in [0.05, 0.1) is 16.6 Å². The zero-order valence-corrected chi connectivity index (χ0v) is 10.1. The van der Waals surface area contributed by atoms with Crippen LogP contribution in [0.5, 0.6) is 0 Å². The van der Waals surface area contributed by atoms with Crippen LogP contribution in [0.25, 0.3) is 10.9 Å². The number of rotatable bonds is 2. The molecule has 2 aromatic rings. The van der Waals surface area contributed by atoms with E-state index in [9.17, 15) is 8.78 Å². The Labute approximate surface area is 98.7 Å². The van der Waals surface area contributed by atoms with E-state index < -0.39 is 11.6 Å². The van der Waals surface area contributed by atoms with Gasteiger partial charge < -0.3 is 5.32 Å². The molecule has 1 aromatic heterocycles. The summed E-state index contributed by atoms with van der Waals surface area (Å²) in [6.07, 6.45) is 0.731. The van der Waals surface area contributed by atoms with Gasteiger partial charge in [-0.2, -0.15) is 0 Å². The van der Waals surface area contributed by atoms with Crippen LogP contribution in [0, 0.1) is 18.6 Å². The molecule has 1 heterocycles. The summed E-state index contributed by atoms with van der Waals surface area (Å²) in [5.41, 5.74) is 2.80. The van der Waals surface area contributed by atoms with Crippen LogP contribution in [-0.4, -0.2) is 12.0 Å². The number of hydrogen-bond acceptors (Lipinski definition) is 2. The summed E-state index contributed by atoms with van der Waals surface area (Å²) in [4.78, 5) is 4.30. The fourth-order valence-corrected chi connectivity index (χ4v) is 2.11. The molecule has 0 fully saturated rings. The van der Waals surface area contributed by atoms with Crippen LogP contribution in [0.4, 0.5) is 14.5 Å². The maximum Gasteiger partial charge on any atom is 0.137 e. The third-order valence-electron chi connectivity index (χ3n) is 2.93. The lowest BCUT2D eigenvalue weighted by atomic mass is 10.0. The SMILES string of the molecule is CCc1nc2cc(F)cc(F)c2c(NC)c1C. The number of anilines is 1. The van der Waals surface area contributed by atoms with Gasteiger partial charge in [-0.05, 0) is 18.9 Å². The Morgan fingerprint density at radius 2 is 2.00 bits per heavy atom. The number of benzene rings is 1. The Morgan fingerprint density at radius 1 is 1.29 bits per heavy atom. The maximum atomic E-state index is 13.8. The molecule has 4 heteroatoms. The van der Waals surface area contributed by atoms with E-state index in [-0.39, 0.29) is 0 Å². The van der Waals surface area contributed by atoms with Crippen molar-refractivity contribution in [1.82, 2.24) is 4.98 Å². The number of pyridine rings is 1. The van der Waals surface area contributed by atoms with Crippen molar-refractivity contribution in [1.29, 1.82) is 0 Å². The number of nitrogens with zero attached hydrogens (tertiary/aromatic N) is 1. The van der Waals surface area contributed by atoms with Gasteiger partial charge in [0.25, 0.3) is 0 Å². The quantitative estimate of drug-likeness (QED) is 0.864. The Balaban J connectivity index is 2.92. The average Bonchev–Trinajstić information content (AvgIpc) is 2.29. The highest BCUT2D eigenvalue weighted by atomic mass is 19.1. The Morgan fingerprint density at radius 3 is 2.59 bits per heavy atom. The van der Waals surface area contributed by atoms with E-state index in [1.807, 2.05) is 13.8 Å². The molecule has 0 aliphatic heterocycles. The molecule has 0 aliphatic rings. The lowest BCUT2D eigenvalue weighted by Crippen LogP contribution is -2.02. The molecule has 1 aromatic carbocycles. The minimum atomic E-state index is -0.601. The molecule has 0 saturated carbocycles. The second kappa shape index (κ2) is 4.28. The summed E-state index contributed by atoms with van der Waals surface area (Å²) in [5, 5.41) is 3.32. The monoisotopic (exact) mass is 236 g/mol. The Kier molecular flexibility index (Phi) is 2.96. The lowest BCUT2D eigenvalue weighted by Gasteiger charge is -2.13. The van der Waals surface area contributed by atoms with Gasteiger partial charge in [-0.25, -0.2) is 8.78 Å². The van der Waals surface area contributed by atoms with Gasteiger partial charge in [0.15, 0.2) is 0 Å². The molecule has 0 aliphatic carbocycles. The third kappa shape index (κ3) is 1.84. The first-order valence-corrected chi connectivity index (χ1v) is 5.54. The molecule has 2 nitrogen and oxygen atoms in total. The molecular weight excluding hydrogens is 222 g/mol. The van der Waals surface area contributed by atoms with E-state index in [1.54, 1.807) is 7.05 Å². The highest BCUT2D eigenvalue weighted by molar-refractivity contribution is 5.93.